The van der Waals surface area contributed by atoms with E-state index >= 15 is 0 Å². The van der Waals surface area contributed by atoms with Crippen molar-refractivity contribution in [2.75, 3.05) is 0 Å². The molecule has 0 fully saturated rings. The Kier molecular flexibility index (Phi) is 4.20. The summed E-state index contributed by atoms with van der Waals surface area (Å²) >= 11 is 5.84. The molecule has 2 aromatic rings. The van der Waals surface area contributed by atoms with Gasteiger partial charge in [-0.1, -0.05) is 48.0 Å². The third-order valence-corrected chi connectivity index (χ3v) is 3.16. The van der Waals surface area contributed by atoms with Gasteiger partial charge in [0.15, 0.2) is 0 Å². The maximum absolute atomic E-state index is 10.7. The molecular formula is C15H14ClNO2. The summed E-state index contributed by atoms with van der Waals surface area (Å²) < 4.78 is 0. The fourth-order valence-electron chi connectivity index (χ4n) is 1.82. The van der Waals surface area contributed by atoms with Crippen molar-refractivity contribution in [1.82, 2.24) is 0 Å². The number of carboxylic acids is 1. The molecule has 3 nitrogen and oxygen atoms in total. The van der Waals surface area contributed by atoms with E-state index in [1.54, 1.807) is 0 Å². The first-order valence-corrected chi connectivity index (χ1v) is 6.27. The van der Waals surface area contributed by atoms with E-state index in [1.165, 1.54) is 0 Å². The number of halogens is 1. The van der Waals surface area contributed by atoms with Crippen molar-refractivity contribution < 1.29 is 9.90 Å². The molecule has 0 bridgehead atoms. The molecule has 2 aromatic carbocycles. The van der Waals surface area contributed by atoms with Crippen LogP contribution in [0.25, 0.3) is 11.1 Å². The minimum absolute atomic E-state index is 0.330. The van der Waals surface area contributed by atoms with Crippen LogP contribution >= 0.6 is 11.6 Å². The summed E-state index contributed by atoms with van der Waals surface area (Å²) in [6, 6.07) is 14.4. The summed E-state index contributed by atoms with van der Waals surface area (Å²) in [6.45, 7) is 0. The van der Waals surface area contributed by atoms with Gasteiger partial charge in [-0.3, -0.25) is 4.79 Å². The van der Waals surface area contributed by atoms with Gasteiger partial charge in [0.1, 0.15) is 6.04 Å². The average molecular weight is 276 g/mol. The monoisotopic (exact) mass is 275 g/mol. The molecule has 0 aliphatic rings. The first-order chi connectivity index (χ1) is 9.06. The molecule has 98 valence electrons. The molecule has 2 rings (SSSR count). The highest BCUT2D eigenvalue weighted by Crippen LogP contribution is 2.22. The molecule has 1 atom stereocenters. The fourth-order valence-corrected chi connectivity index (χ4v) is 1.94. The van der Waals surface area contributed by atoms with Crippen LogP contribution in [0, 0.1) is 0 Å². The minimum atomic E-state index is -0.984. The number of nitrogens with two attached hydrogens (primary N) is 1. The molecule has 0 heterocycles. The number of benzene rings is 2. The summed E-state index contributed by atoms with van der Waals surface area (Å²) in [5, 5.41) is 9.47. The van der Waals surface area contributed by atoms with Crippen LogP contribution in [0.2, 0.25) is 5.02 Å². The van der Waals surface area contributed by atoms with Crippen molar-refractivity contribution in [3.63, 3.8) is 0 Å². The maximum atomic E-state index is 10.7. The van der Waals surface area contributed by atoms with E-state index in [9.17, 15) is 4.79 Å². The van der Waals surface area contributed by atoms with Crippen molar-refractivity contribution >= 4 is 17.6 Å². The summed E-state index contributed by atoms with van der Waals surface area (Å²) in [7, 11) is 0. The van der Waals surface area contributed by atoms with Gasteiger partial charge in [0, 0.05) is 5.02 Å². The van der Waals surface area contributed by atoms with E-state index in [0.29, 0.717) is 11.4 Å². The van der Waals surface area contributed by atoms with Gasteiger partial charge in [-0.25, -0.2) is 0 Å². The second kappa shape index (κ2) is 5.87. The van der Waals surface area contributed by atoms with Crippen LogP contribution in [0.1, 0.15) is 5.56 Å². The third-order valence-electron chi connectivity index (χ3n) is 2.90. The molecule has 4 heteroatoms. The quantitative estimate of drug-likeness (QED) is 0.902. The van der Waals surface area contributed by atoms with Crippen molar-refractivity contribution in [3.8, 4) is 11.1 Å². The predicted molar refractivity (Wildman–Crippen MR) is 76.2 cm³/mol. The zero-order valence-electron chi connectivity index (χ0n) is 10.2. The molecule has 0 amide bonds. The summed E-state index contributed by atoms with van der Waals surface area (Å²) in [4.78, 5) is 10.7. The molecule has 0 radical (unpaired) electrons. The predicted octanol–water partition coefficient (Wildman–Crippen LogP) is 2.96. The van der Waals surface area contributed by atoms with Crippen molar-refractivity contribution in [2.24, 2.45) is 5.73 Å². The molecule has 0 spiro atoms. The highest BCUT2D eigenvalue weighted by atomic mass is 35.5. The Morgan fingerprint density at radius 3 is 2.00 bits per heavy atom. The van der Waals surface area contributed by atoms with Crippen molar-refractivity contribution in [1.29, 1.82) is 0 Å². The second-order valence-corrected chi connectivity index (χ2v) is 4.79. The summed E-state index contributed by atoms with van der Waals surface area (Å²) in [5.74, 6) is -0.984. The van der Waals surface area contributed by atoms with E-state index in [-0.39, 0.29) is 0 Å². The molecule has 0 saturated heterocycles. The SMILES string of the molecule is NC(Cc1ccc(-c2ccc(Cl)cc2)cc1)C(=O)O. The van der Waals surface area contributed by atoms with E-state index in [4.69, 9.17) is 22.4 Å². The van der Waals surface area contributed by atoms with Crippen LogP contribution < -0.4 is 5.73 Å². The molecule has 19 heavy (non-hydrogen) atoms. The number of carboxylic acid groups (broad SMARTS) is 1. The average Bonchev–Trinajstić information content (AvgIpc) is 2.40. The maximum Gasteiger partial charge on any atom is 0.320 e. The number of rotatable bonds is 4. The Labute approximate surface area is 116 Å². The first-order valence-electron chi connectivity index (χ1n) is 5.89. The van der Waals surface area contributed by atoms with Crippen molar-refractivity contribution in [3.05, 3.63) is 59.1 Å². The van der Waals surface area contributed by atoms with Gasteiger partial charge < -0.3 is 10.8 Å². The Morgan fingerprint density at radius 1 is 1.05 bits per heavy atom. The Balaban J connectivity index is 2.14. The number of carbonyl (C=O) groups is 1. The van der Waals surface area contributed by atoms with E-state index in [0.717, 1.165) is 16.7 Å². The van der Waals surface area contributed by atoms with E-state index in [1.807, 2.05) is 48.5 Å². The normalized spacial score (nSPS) is 12.1. The molecule has 0 aliphatic carbocycles. The lowest BCUT2D eigenvalue weighted by atomic mass is 10.0. The topological polar surface area (TPSA) is 63.3 Å². The molecule has 1 unspecified atom stereocenters. The van der Waals surface area contributed by atoms with E-state index < -0.39 is 12.0 Å². The zero-order chi connectivity index (χ0) is 13.8. The highest BCUT2D eigenvalue weighted by molar-refractivity contribution is 6.30. The minimum Gasteiger partial charge on any atom is -0.480 e. The van der Waals surface area contributed by atoms with Crippen LogP contribution in [-0.2, 0) is 11.2 Å². The number of hydrogen-bond acceptors (Lipinski definition) is 2. The Hall–Kier alpha value is -1.84. The second-order valence-electron chi connectivity index (χ2n) is 4.35. The number of hydrogen-bond donors (Lipinski definition) is 2. The smallest absolute Gasteiger partial charge is 0.320 e. The molecule has 3 N–H and O–H groups in total. The lowest BCUT2D eigenvalue weighted by Crippen LogP contribution is -2.32. The molecule has 0 aliphatic heterocycles. The highest BCUT2D eigenvalue weighted by Gasteiger charge is 2.11. The van der Waals surface area contributed by atoms with Crippen molar-refractivity contribution in [2.45, 2.75) is 12.5 Å². The van der Waals surface area contributed by atoms with Gasteiger partial charge in [-0.15, -0.1) is 0 Å². The summed E-state index contributed by atoms with van der Waals surface area (Å²) in [5.41, 5.74) is 8.54. The largest absolute Gasteiger partial charge is 0.480 e. The molecule has 0 aromatic heterocycles. The Morgan fingerprint density at radius 2 is 1.53 bits per heavy atom. The fraction of sp³-hybridized carbons (Fsp3) is 0.133. The first kappa shape index (κ1) is 13.6. The van der Waals surface area contributed by atoms with Gasteiger partial charge in [0.05, 0.1) is 0 Å². The van der Waals surface area contributed by atoms with Gasteiger partial charge in [-0.05, 0) is 35.2 Å². The molecular weight excluding hydrogens is 262 g/mol. The van der Waals surface area contributed by atoms with Gasteiger partial charge in [-0.2, -0.15) is 0 Å². The molecule has 0 saturated carbocycles. The van der Waals surface area contributed by atoms with Crippen LogP contribution in [0.4, 0.5) is 0 Å². The number of aliphatic carboxylic acids is 1. The standard InChI is InChI=1S/C15H14ClNO2/c16-13-7-5-12(6-8-13)11-3-1-10(2-4-11)9-14(17)15(18)19/h1-8,14H,9,17H2,(H,18,19). The zero-order valence-corrected chi connectivity index (χ0v) is 11.0. The van der Waals surface area contributed by atoms with Gasteiger partial charge in [0.2, 0.25) is 0 Å². The van der Waals surface area contributed by atoms with Gasteiger partial charge in [0.25, 0.3) is 0 Å². The van der Waals surface area contributed by atoms with Crippen LogP contribution in [-0.4, -0.2) is 17.1 Å². The van der Waals surface area contributed by atoms with E-state index in [2.05, 4.69) is 0 Å². The lowest BCUT2D eigenvalue weighted by Gasteiger charge is -2.07. The van der Waals surface area contributed by atoms with Crippen LogP contribution in [0.3, 0.4) is 0 Å². The van der Waals surface area contributed by atoms with Gasteiger partial charge >= 0.3 is 5.97 Å². The Bertz CT molecular complexity index is 564. The summed E-state index contributed by atoms with van der Waals surface area (Å²) in [6.07, 6.45) is 0.330. The van der Waals surface area contributed by atoms with Crippen LogP contribution in [0.15, 0.2) is 48.5 Å². The third kappa shape index (κ3) is 3.56. The van der Waals surface area contributed by atoms with Crippen LogP contribution in [0.5, 0.6) is 0 Å². The lowest BCUT2D eigenvalue weighted by molar-refractivity contribution is -0.138.